The quantitative estimate of drug-likeness (QED) is 0.440. The highest BCUT2D eigenvalue weighted by molar-refractivity contribution is 5.89. The van der Waals surface area contributed by atoms with Gasteiger partial charge in [-0.25, -0.2) is 0 Å². The third-order valence-corrected chi connectivity index (χ3v) is 3.87. The topological polar surface area (TPSA) is 17.1 Å². The normalized spacial score (nSPS) is 28.6. The average Bonchev–Trinajstić information content (AvgIpc) is 2.99. The van der Waals surface area contributed by atoms with Crippen LogP contribution in [0.2, 0.25) is 0 Å². The molecule has 0 saturated heterocycles. The number of hydrogen-bond acceptors (Lipinski definition) is 1. The molecule has 92 valence electrons. The first-order valence-corrected chi connectivity index (χ1v) is 6.95. The Kier molecular flexibility index (Phi) is 5.79. The SMILES string of the molecule is CCCCCC(=O)/C=C/C1C(CC)C1CC. The molecule has 1 heteroatoms. The largest absolute Gasteiger partial charge is 0.295 e. The Hall–Kier alpha value is -0.590. The fourth-order valence-corrected chi connectivity index (χ4v) is 2.76. The van der Waals surface area contributed by atoms with Crippen molar-refractivity contribution in [3.63, 3.8) is 0 Å². The molecule has 0 aromatic heterocycles. The number of allylic oxidation sites excluding steroid dienone is 2. The van der Waals surface area contributed by atoms with Gasteiger partial charge in [-0.1, -0.05) is 52.5 Å². The lowest BCUT2D eigenvalue weighted by atomic mass is 10.1. The molecule has 0 radical (unpaired) electrons. The zero-order valence-electron chi connectivity index (χ0n) is 11.0. The number of carbonyl (C=O) groups is 1. The van der Waals surface area contributed by atoms with Crippen LogP contribution in [0.25, 0.3) is 0 Å². The minimum Gasteiger partial charge on any atom is -0.295 e. The predicted octanol–water partition coefficient (Wildman–Crippen LogP) is 4.37. The van der Waals surface area contributed by atoms with E-state index in [1.807, 2.05) is 6.08 Å². The van der Waals surface area contributed by atoms with Gasteiger partial charge in [0.25, 0.3) is 0 Å². The maximum atomic E-state index is 11.6. The fraction of sp³-hybridized carbons (Fsp3) is 0.800. The van der Waals surface area contributed by atoms with Crippen molar-refractivity contribution in [1.29, 1.82) is 0 Å². The third-order valence-electron chi connectivity index (χ3n) is 3.87. The standard InChI is InChI=1S/C15H26O/c1-4-7-8-9-12(16)10-11-15-13(5-2)14(15)6-3/h10-11,13-15H,4-9H2,1-3H3/b11-10+. The molecule has 2 unspecified atom stereocenters. The predicted molar refractivity (Wildman–Crippen MR) is 69.3 cm³/mol. The molecule has 0 bridgehead atoms. The van der Waals surface area contributed by atoms with Crippen molar-refractivity contribution < 1.29 is 4.79 Å². The van der Waals surface area contributed by atoms with Crippen LogP contribution in [-0.4, -0.2) is 5.78 Å². The molecule has 0 amide bonds. The Morgan fingerprint density at radius 2 is 1.69 bits per heavy atom. The summed E-state index contributed by atoms with van der Waals surface area (Å²) in [6, 6.07) is 0. The van der Waals surface area contributed by atoms with E-state index < -0.39 is 0 Å². The number of hydrogen-bond donors (Lipinski definition) is 0. The minimum atomic E-state index is 0.324. The van der Waals surface area contributed by atoms with Crippen molar-refractivity contribution >= 4 is 5.78 Å². The zero-order chi connectivity index (χ0) is 12.0. The van der Waals surface area contributed by atoms with Crippen LogP contribution in [0.4, 0.5) is 0 Å². The summed E-state index contributed by atoms with van der Waals surface area (Å²) in [6.45, 7) is 6.68. The van der Waals surface area contributed by atoms with Gasteiger partial charge in [-0.3, -0.25) is 4.79 Å². The van der Waals surface area contributed by atoms with Gasteiger partial charge in [-0.05, 0) is 30.3 Å². The molecule has 0 heterocycles. The minimum absolute atomic E-state index is 0.324. The Labute approximate surface area is 100 Å². The molecule has 1 fully saturated rings. The van der Waals surface area contributed by atoms with Gasteiger partial charge in [0.2, 0.25) is 0 Å². The number of ketones is 1. The van der Waals surface area contributed by atoms with Gasteiger partial charge in [0.1, 0.15) is 0 Å². The molecule has 1 aliphatic rings. The smallest absolute Gasteiger partial charge is 0.155 e. The lowest BCUT2D eigenvalue weighted by Gasteiger charge is -1.94. The number of carbonyl (C=O) groups excluding carboxylic acids is 1. The van der Waals surface area contributed by atoms with E-state index in [0.717, 1.165) is 24.7 Å². The average molecular weight is 222 g/mol. The van der Waals surface area contributed by atoms with E-state index in [1.54, 1.807) is 0 Å². The maximum absolute atomic E-state index is 11.6. The first-order chi connectivity index (χ1) is 7.74. The summed E-state index contributed by atoms with van der Waals surface area (Å²) in [4.78, 5) is 11.6. The van der Waals surface area contributed by atoms with E-state index in [4.69, 9.17) is 0 Å². The van der Waals surface area contributed by atoms with E-state index in [-0.39, 0.29) is 0 Å². The van der Waals surface area contributed by atoms with Crippen LogP contribution in [0.1, 0.15) is 59.3 Å². The Bertz CT molecular complexity index is 232. The van der Waals surface area contributed by atoms with Crippen LogP contribution >= 0.6 is 0 Å². The summed E-state index contributed by atoms with van der Waals surface area (Å²) >= 11 is 0. The first-order valence-electron chi connectivity index (χ1n) is 6.95. The summed E-state index contributed by atoms with van der Waals surface area (Å²) in [7, 11) is 0. The van der Waals surface area contributed by atoms with E-state index in [0.29, 0.717) is 11.7 Å². The highest BCUT2D eigenvalue weighted by atomic mass is 16.1. The molecule has 1 nitrogen and oxygen atoms in total. The van der Waals surface area contributed by atoms with Crippen molar-refractivity contribution in [3.8, 4) is 0 Å². The molecule has 0 aliphatic heterocycles. The molecule has 1 rings (SSSR count). The summed E-state index contributed by atoms with van der Waals surface area (Å²) < 4.78 is 0. The van der Waals surface area contributed by atoms with Gasteiger partial charge in [-0.2, -0.15) is 0 Å². The second kappa shape index (κ2) is 6.88. The van der Waals surface area contributed by atoms with Crippen molar-refractivity contribution in [2.75, 3.05) is 0 Å². The molecule has 0 N–H and O–H groups in total. The monoisotopic (exact) mass is 222 g/mol. The summed E-state index contributed by atoms with van der Waals surface area (Å²) in [6.07, 6.45) is 10.7. The zero-order valence-corrected chi connectivity index (χ0v) is 11.0. The number of unbranched alkanes of at least 4 members (excludes halogenated alkanes) is 2. The van der Waals surface area contributed by atoms with Gasteiger partial charge in [0.15, 0.2) is 5.78 Å². The molecule has 0 aromatic rings. The van der Waals surface area contributed by atoms with Crippen LogP contribution in [0.3, 0.4) is 0 Å². The molecule has 1 aliphatic carbocycles. The Balaban J connectivity index is 2.23. The Morgan fingerprint density at radius 1 is 1.06 bits per heavy atom. The molecule has 1 saturated carbocycles. The van der Waals surface area contributed by atoms with E-state index in [1.165, 1.54) is 25.7 Å². The maximum Gasteiger partial charge on any atom is 0.155 e. The molecule has 16 heavy (non-hydrogen) atoms. The second-order valence-electron chi connectivity index (χ2n) is 5.00. The van der Waals surface area contributed by atoms with Crippen molar-refractivity contribution in [1.82, 2.24) is 0 Å². The van der Waals surface area contributed by atoms with Crippen LogP contribution in [0.15, 0.2) is 12.2 Å². The summed E-state index contributed by atoms with van der Waals surface area (Å²) in [5.41, 5.74) is 0. The summed E-state index contributed by atoms with van der Waals surface area (Å²) in [5.74, 6) is 2.73. The van der Waals surface area contributed by atoms with Crippen molar-refractivity contribution in [2.45, 2.75) is 59.3 Å². The third kappa shape index (κ3) is 3.77. The van der Waals surface area contributed by atoms with E-state index in [2.05, 4.69) is 26.8 Å². The second-order valence-corrected chi connectivity index (χ2v) is 5.00. The van der Waals surface area contributed by atoms with Gasteiger partial charge < -0.3 is 0 Å². The van der Waals surface area contributed by atoms with Gasteiger partial charge >= 0.3 is 0 Å². The Morgan fingerprint density at radius 3 is 2.19 bits per heavy atom. The molecular formula is C15H26O. The molecule has 0 aromatic carbocycles. The van der Waals surface area contributed by atoms with Gasteiger partial charge in [0.05, 0.1) is 0 Å². The van der Waals surface area contributed by atoms with Crippen LogP contribution < -0.4 is 0 Å². The fourth-order valence-electron chi connectivity index (χ4n) is 2.76. The lowest BCUT2D eigenvalue weighted by molar-refractivity contribution is -0.114. The molecular weight excluding hydrogens is 196 g/mol. The highest BCUT2D eigenvalue weighted by Crippen LogP contribution is 2.51. The van der Waals surface area contributed by atoms with Crippen molar-refractivity contribution in [2.24, 2.45) is 17.8 Å². The van der Waals surface area contributed by atoms with E-state index >= 15 is 0 Å². The lowest BCUT2D eigenvalue weighted by Crippen LogP contribution is -1.92. The van der Waals surface area contributed by atoms with Gasteiger partial charge in [0, 0.05) is 6.42 Å². The van der Waals surface area contributed by atoms with E-state index in [9.17, 15) is 4.79 Å². The van der Waals surface area contributed by atoms with Crippen LogP contribution in [0.5, 0.6) is 0 Å². The molecule has 2 atom stereocenters. The number of rotatable bonds is 8. The first kappa shape index (κ1) is 13.5. The van der Waals surface area contributed by atoms with Gasteiger partial charge in [-0.15, -0.1) is 0 Å². The van der Waals surface area contributed by atoms with Crippen LogP contribution in [0, 0.1) is 17.8 Å². The molecule has 0 spiro atoms. The summed E-state index contributed by atoms with van der Waals surface area (Å²) in [5, 5.41) is 0. The van der Waals surface area contributed by atoms with Crippen molar-refractivity contribution in [3.05, 3.63) is 12.2 Å². The highest BCUT2D eigenvalue weighted by Gasteiger charge is 2.44. The van der Waals surface area contributed by atoms with Crippen LogP contribution in [-0.2, 0) is 4.79 Å².